The smallest absolute Gasteiger partial charge is 0.239 e. The van der Waals surface area contributed by atoms with Crippen LogP contribution in [0.15, 0.2) is 60.8 Å². The second kappa shape index (κ2) is 7.61. The van der Waals surface area contributed by atoms with Gasteiger partial charge in [0.25, 0.3) is 0 Å². The average Bonchev–Trinajstić information content (AvgIpc) is 3.29. The van der Waals surface area contributed by atoms with E-state index in [-0.39, 0.29) is 11.8 Å². The second-order valence-electron chi connectivity index (χ2n) is 6.74. The first-order valence-electron chi connectivity index (χ1n) is 9.29. The van der Waals surface area contributed by atoms with Gasteiger partial charge in [0, 0.05) is 30.7 Å². The molecule has 6 nitrogen and oxygen atoms in total. The maximum absolute atomic E-state index is 12.6. The molecule has 4 rings (SSSR count). The van der Waals surface area contributed by atoms with Gasteiger partial charge in [0.2, 0.25) is 11.8 Å². The van der Waals surface area contributed by atoms with Crippen LogP contribution in [0.4, 0.5) is 5.69 Å². The zero-order valence-electron chi connectivity index (χ0n) is 15.0. The minimum Gasteiger partial charge on any atom is -0.355 e. The van der Waals surface area contributed by atoms with Gasteiger partial charge in [0.15, 0.2) is 0 Å². The van der Waals surface area contributed by atoms with Crippen LogP contribution < -0.4 is 10.2 Å². The molecule has 138 valence electrons. The highest BCUT2D eigenvalue weighted by atomic mass is 16.2. The van der Waals surface area contributed by atoms with Crippen LogP contribution in [-0.4, -0.2) is 34.7 Å². The first-order valence-corrected chi connectivity index (χ1v) is 9.29. The molecule has 1 N–H and O–H groups in total. The summed E-state index contributed by atoms with van der Waals surface area (Å²) < 4.78 is 1.94. The fourth-order valence-electron chi connectivity index (χ4n) is 3.56. The van der Waals surface area contributed by atoms with Gasteiger partial charge in [-0.3, -0.25) is 14.3 Å². The Kier molecular flexibility index (Phi) is 4.87. The van der Waals surface area contributed by atoms with Crippen molar-refractivity contribution >= 4 is 28.4 Å². The Morgan fingerprint density at radius 1 is 1.11 bits per heavy atom. The summed E-state index contributed by atoms with van der Waals surface area (Å²) in [5, 5.41) is 8.41. The van der Waals surface area contributed by atoms with Gasteiger partial charge < -0.3 is 10.2 Å². The number of hydrogen-bond acceptors (Lipinski definition) is 3. The average molecular weight is 362 g/mol. The predicted molar refractivity (Wildman–Crippen MR) is 104 cm³/mol. The minimum atomic E-state index is -0.587. The second-order valence-corrected chi connectivity index (χ2v) is 6.74. The molecule has 1 fully saturated rings. The van der Waals surface area contributed by atoms with Gasteiger partial charge in [-0.1, -0.05) is 36.4 Å². The summed E-state index contributed by atoms with van der Waals surface area (Å²) in [6.45, 7) is 1.84. The third kappa shape index (κ3) is 3.56. The van der Waals surface area contributed by atoms with Crippen LogP contribution in [-0.2, 0) is 16.1 Å². The Bertz CT molecular complexity index is 951. The van der Waals surface area contributed by atoms with E-state index < -0.39 is 5.92 Å². The van der Waals surface area contributed by atoms with Gasteiger partial charge >= 0.3 is 0 Å². The standard InChI is InChI=1S/C21H22N4O2/c26-20(18-11-14-24(21(18)27)17-8-2-1-3-9-17)22-12-6-13-25-19-10-5-4-7-16(19)15-23-25/h1-5,7-10,15,18H,6,11-14H2,(H,22,26). The molecule has 1 aliphatic rings. The Hall–Kier alpha value is -3.15. The minimum absolute atomic E-state index is 0.114. The molecule has 2 heterocycles. The van der Waals surface area contributed by atoms with E-state index in [0.29, 0.717) is 19.5 Å². The summed E-state index contributed by atoms with van der Waals surface area (Å²) >= 11 is 0. The molecule has 1 aliphatic heterocycles. The van der Waals surface area contributed by atoms with E-state index in [1.165, 1.54) is 0 Å². The number of carbonyl (C=O) groups is 2. The summed E-state index contributed by atoms with van der Waals surface area (Å²) in [4.78, 5) is 26.7. The van der Waals surface area contributed by atoms with Gasteiger partial charge in [-0.05, 0) is 31.0 Å². The molecule has 1 unspecified atom stereocenters. The van der Waals surface area contributed by atoms with Crippen molar-refractivity contribution in [1.29, 1.82) is 0 Å². The molecule has 0 saturated carbocycles. The van der Waals surface area contributed by atoms with E-state index in [4.69, 9.17) is 0 Å². The number of hydrogen-bond donors (Lipinski definition) is 1. The van der Waals surface area contributed by atoms with Gasteiger partial charge in [-0.15, -0.1) is 0 Å². The third-order valence-electron chi connectivity index (χ3n) is 4.99. The summed E-state index contributed by atoms with van der Waals surface area (Å²) in [5.74, 6) is -0.878. The number of nitrogens with zero attached hydrogens (tertiary/aromatic N) is 3. The number of nitrogens with one attached hydrogen (secondary N) is 1. The van der Waals surface area contributed by atoms with Gasteiger partial charge in [0.1, 0.15) is 5.92 Å². The van der Waals surface area contributed by atoms with Crippen molar-refractivity contribution in [1.82, 2.24) is 15.1 Å². The normalized spacial score (nSPS) is 16.8. The molecule has 6 heteroatoms. The SMILES string of the molecule is O=C(NCCCn1ncc2ccccc21)C1CCN(c2ccccc2)C1=O. The molecule has 3 aromatic rings. The molecular formula is C21H22N4O2. The summed E-state index contributed by atoms with van der Waals surface area (Å²) in [5.41, 5.74) is 1.94. The number of carbonyl (C=O) groups excluding carboxylic acids is 2. The van der Waals surface area contributed by atoms with Crippen molar-refractivity contribution in [2.75, 3.05) is 18.0 Å². The van der Waals surface area contributed by atoms with Crippen molar-refractivity contribution in [2.45, 2.75) is 19.4 Å². The lowest BCUT2D eigenvalue weighted by atomic mass is 10.1. The highest BCUT2D eigenvalue weighted by Crippen LogP contribution is 2.25. The molecule has 0 bridgehead atoms. The van der Waals surface area contributed by atoms with Crippen molar-refractivity contribution in [3.8, 4) is 0 Å². The third-order valence-corrected chi connectivity index (χ3v) is 4.99. The molecule has 27 heavy (non-hydrogen) atoms. The molecular weight excluding hydrogens is 340 g/mol. The quantitative estimate of drug-likeness (QED) is 0.541. The van der Waals surface area contributed by atoms with E-state index in [1.54, 1.807) is 4.90 Å². The molecule has 0 radical (unpaired) electrons. The van der Waals surface area contributed by atoms with E-state index >= 15 is 0 Å². The highest BCUT2D eigenvalue weighted by molar-refractivity contribution is 6.09. The molecule has 1 atom stereocenters. The fraction of sp³-hybridized carbons (Fsp3) is 0.286. The number of aryl methyl sites for hydroxylation is 1. The Morgan fingerprint density at radius 2 is 1.89 bits per heavy atom. The van der Waals surface area contributed by atoms with E-state index in [2.05, 4.69) is 10.4 Å². The van der Waals surface area contributed by atoms with Gasteiger partial charge in [-0.2, -0.15) is 5.10 Å². The Balaban J connectivity index is 1.28. The number of para-hydroxylation sites is 2. The van der Waals surface area contributed by atoms with Crippen LogP contribution in [0.5, 0.6) is 0 Å². The fourth-order valence-corrected chi connectivity index (χ4v) is 3.56. The molecule has 0 spiro atoms. The molecule has 0 aliphatic carbocycles. The van der Waals surface area contributed by atoms with Gasteiger partial charge in [-0.25, -0.2) is 0 Å². The van der Waals surface area contributed by atoms with E-state index in [1.807, 2.05) is 65.5 Å². The van der Waals surface area contributed by atoms with Crippen molar-refractivity contribution in [2.24, 2.45) is 5.92 Å². The molecule has 1 aromatic heterocycles. The predicted octanol–water partition coefficient (Wildman–Crippen LogP) is 2.60. The number of fused-ring (bicyclic) bond motifs is 1. The number of benzene rings is 2. The zero-order valence-corrected chi connectivity index (χ0v) is 15.0. The van der Waals surface area contributed by atoms with Crippen molar-refractivity contribution < 1.29 is 9.59 Å². The maximum atomic E-state index is 12.6. The van der Waals surface area contributed by atoms with Crippen LogP contribution >= 0.6 is 0 Å². The number of anilines is 1. The summed E-state index contributed by atoms with van der Waals surface area (Å²) in [6.07, 6.45) is 3.17. The molecule has 2 amide bonds. The van der Waals surface area contributed by atoms with Gasteiger partial charge in [0.05, 0.1) is 11.7 Å². The monoisotopic (exact) mass is 362 g/mol. The van der Waals surface area contributed by atoms with Crippen LogP contribution in [0.25, 0.3) is 10.9 Å². The zero-order chi connectivity index (χ0) is 18.6. The highest BCUT2D eigenvalue weighted by Gasteiger charge is 2.37. The number of aromatic nitrogens is 2. The molecule has 2 aromatic carbocycles. The Morgan fingerprint density at radius 3 is 2.74 bits per heavy atom. The first-order chi connectivity index (χ1) is 13.2. The van der Waals surface area contributed by atoms with Crippen LogP contribution in [0.3, 0.4) is 0 Å². The molecule has 1 saturated heterocycles. The lowest BCUT2D eigenvalue weighted by Crippen LogP contribution is -2.37. The largest absolute Gasteiger partial charge is 0.355 e. The van der Waals surface area contributed by atoms with Crippen molar-refractivity contribution in [3.63, 3.8) is 0 Å². The number of rotatable bonds is 6. The number of amides is 2. The van der Waals surface area contributed by atoms with Crippen LogP contribution in [0.2, 0.25) is 0 Å². The lowest BCUT2D eigenvalue weighted by molar-refractivity contribution is -0.132. The van der Waals surface area contributed by atoms with E-state index in [0.717, 1.165) is 29.6 Å². The maximum Gasteiger partial charge on any atom is 0.239 e. The Labute approximate surface area is 157 Å². The van der Waals surface area contributed by atoms with E-state index in [9.17, 15) is 9.59 Å². The summed E-state index contributed by atoms with van der Waals surface area (Å²) in [7, 11) is 0. The van der Waals surface area contributed by atoms with Crippen molar-refractivity contribution in [3.05, 3.63) is 60.8 Å². The van der Waals surface area contributed by atoms with Crippen LogP contribution in [0, 0.1) is 5.92 Å². The van der Waals surface area contributed by atoms with Crippen LogP contribution in [0.1, 0.15) is 12.8 Å². The first kappa shape index (κ1) is 17.3. The topological polar surface area (TPSA) is 67.2 Å². The summed E-state index contributed by atoms with van der Waals surface area (Å²) in [6, 6.07) is 17.6. The lowest BCUT2D eigenvalue weighted by Gasteiger charge is -2.16.